The zero-order valence-corrected chi connectivity index (χ0v) is 16.7. The molecule has 1 saturated heterocycles. The van der Waals surface area contributed by atoms with Crippen LogP contribution in [0, 0.1) is 6.92 Å². The van der Waals surface area contributed by atoms with E-state index in [9.17, 15) is 18.0 Å². The quantitative estimate of drug-likeness (QED) is 0.664. The zero-order chi connectivity index (χ0) is 20.1. The van der Waals surface area contributed by atoms with E-state index in [1.165, 1.54) is 24.5 Å². The first-order valence-electron chi connectivity index (χ1n) is 9.45. The lowest BCUT2D eigenvalue weighted by atomic mass is 10.1. The molecule has 3 rings (SSSR count). The van der Waals surface area contributed by atoms with Gasteiger partial charge in [0.1, 0.15) is 6.04 Å². The molecular weight excluding hydrogens is 380 g/mol. The smallest absolute Gasteiger partial charge is 0.264 e. The molecule has 2 atom stereocenters. The minimum absolute atomic E-state index is 0.0341. The molecule has 2 amide bonds. The summed E-state index contributed by atoms with van der Waals surface area (Å²) in [6, 6.07) is 5.30. The van der Waals surface area contributed by atoms with Crippen molar-refractivity contribution in [3.05, 3.63) is 42.2 Å². The zero-order valence-electron chi connectivity index (χ0n) is 15.8. The summed E-state index contributed by atoms with van der Waals surface area (Å²) < 4.78 is 27.0. The van der Waals surface area contributed by atoms with Crippen LogP contribution in [0.15, 0.2) is 41.6 Å². The van der Waals surface area contributed by atoms with Crippen molar-refractivity contribution in [1.82, 2.24) is 20.3 Å². The predicted molar refractivity (Wildman–Crippen MR) is 105 cm³/mol. The Bertz CT molecular complexity index is 843. The largest absolute Gasteiger partial charge is 0.353 e. The first-order valence-corrected chi connectivity index (χ1v) is 10.9. The van der Waals surface area contributed by atoms with Crippen LogP contribution >= 0.6 is 0 Å². The van der Waals surface area contributed by atoms with Crippen LogP contribution < -0.4 is 16.0 Å². The second-order valence-electron chi connectivity index (χ2n) is 7.14. The molecule has 0 spiro atoms. The summed E-state index contributed by atoms with van der Waals surface area (Å²) in [6.45, 7) is 3.61. The van der Waals surface area contributed by atoms with E-state index in [0.29, 0.717) is 0 Å². The van der Waals surface area contributed by atoms with Crippen LogP contribution in [-0.4, -0.2) is 49.7 Å². The van der Waals surface area contributed by atoms with Crippen LogP contribution in [0.2, 0.25) is 0 Å². The number of aryl methyl sites for hydroxylation is 1. The molecule has 1 aromatic carbocycles. The van der Waals surface area contributed by atoms with E-state index in [1.807, 2.05) is 6.92 Å². The number of carbonyl (C=O) groups excluding carboxylic acids is 2. The summed E-state index contributed by atoms with van der Waals surface area (Å²) in [4.78, 5) is 25.0. The molecule has 0 aliphatic carbocycles. The predicted octanol–water partition coefficient (Wildman–Crippen LogP) is 0.604. The van der Waals surface area contributed by atoms with E-state index in [4.69, 9.17) is 0 Å². The third kappa shape index (κ3) is 4.71. The molecule has 8 nitrogen and oxygen atoms in total. The van der Waals surface area contributed by atoms with Crippen molar-refractivity contribution in [2.24, 2.45) is 0 Å². The van der Waals surface area contributed by atoms with Gasteiger partial charge in [0.25, 0.3) is 10.0 Å². The number of nitrogens with zero attached hydrogens (tertiary/aromatic N) is 1. The molecule has 1 fully saturated rings. The van der Waals surface area contributed by atoms with Crippen molar-refractivity contribution in [1.29, 1.82) is 0 Å². The molecule has 9 heteroatoms. The first kappa shape index (κ1) is 20.3. The third-order valence-electron chi connectivity index (χ3n) is 4.97. The summed E-state index contributed by atoms with van der Waals surface area (Å²) in [5.74, 6) is -0.845. The van der Waals surface area contributed by atoms with E-state index >= 15 is 0 Å². The fourth-order valence-electron chi connectivity index (χ4n) is 3.40. The number of benzene rings is 1. The molecule has 28 heavy (non-hydrogen) atoms. The number of carbonyl (C=O) groups is 2. The van der Waals surface area contributed by atoms with E-state index in [2.05, 4.69) is 16.0 Å². The molecule has 0 unspecified atom stereocenters. The average molecular weight is 407 g/mol. The first-order chi connectivity index (χ1) is 13.4. The molecule has 0 saturated carbocycles. The summed E-state index contributed by atoms with van der Waals surface area (Å²) in [5, 5.41) is 8.72. The van der Waals surface area contributed by atoms with Crippen LogP contribution in [0.3, 0.4) is 0 Å². The summed E-state index contributed by atoms with van der Waals surface area (Å²) in [6.07, 6.45) is 4.98. The van der Waals surface area contributed by atoms with Crippen molar-refractivity contribution in [3.8, 4) is 0 Å². The third-order valence-corrected chi connectivity index (χ3v) is 6.77. The molecule has 2 aliphatic heterocycles. The fourth-order valence-corrected chi connectivity index (χ4v) is 4.85. The van der Waals surface area contributed by atoms with Gasteiger partial charge >= 0.3 is 0 Å². The SMILES string of the molecule is Cc1ccc(S(=O)(=O)N2C=CNC(=O)[C@H]2CC(=O)N[C@@H]2CCCNCC2)cc1. The van der Waals surface area contributed by atoms with Crippen molar-refractivity contribution in [2.75, 3.05) is 13.1 Å². The van der Waals surface area contributed by atoms with Gasteiger partial charge < -0.3 is 16.0 Å². The van der Waals surface area contributed by atoms with E-state index in [0.717, 1.165) is 42.2 Å². The minimum Gasteiger partial charge on any atom is -0.353 e. The molecule has 0 aromatic heterocycles. The fraction of sp³-hybridized carbons (Fsp3) is 0.474. The van der Waals surface area contributed by atoms with Gasteiger partial charge in [0.15, 0.2) is 0 Å². The average Bonchev–Trinajstić information content (AvgIpc) is 2.92. The summed E-state index contributed by atoms with van der Waals surface area (Å²) >= 11 is 0. The van der Waals surface area contributed by atoms with Crippen molar-refractivity contribution >= 4 is 21.8 Å². The Morgan fingerprint density at radius 2 is 1.96 bits per heavy atom. The number of sulfonamides is 1. The molecular formula is C19H26N4O4S. The number of amides is 2. The van der Waals surface area contributed by atoms with Gasteiger partial charge in [-0.1, -0.05) is 17.7 Å². The van der Waals surface area contributed by atoms with Gasteiger partial charge in [-0.15, -0.1) is 0 Å². The lowest BCUT2D eigenvalue weighted by molar-refractivity contribution is -0.129. The van der Waals surface area contributed by atoms with E-state index < -0.39 is 22.0 Å². The molecule has 0 radical (unpaired) electrons. The second kappa shape index (κ2) is 8.74. The number of hydrogen-bond acceptors (Lipinski definition) is 5. The van der Waals surface area contributed by atoms with E-state index in [1.54, 1.807) is 12.1 Å². The Kier molecular flexibility index (Phi) is 6.35. The topological polar surface area (TPSA) is 108 Å². The number of hydrogen-bond donors (Lipinski definition) is 3. The monoisotopic (exact) mass is 406 g/mol. The highest BCUT2D eigenvalue weighted by molar-refractivity contribution is 7.89. The van der Waals surface area contributed by atoms with Crippen molar-refractivity contribution in [2.45, 2.75) is 49.6 Å². The lowest BCUT2D eigenvalue weighted by Crippen LogP contribution is -2.51. The summed E-state index contributed by atoms with van der Waals surface area (Å²) in [5.41, 5.74) is 0.930. The molecule has 1 aromatic rings. The Hall–Kier alpha value is -2.39. The lowest BCUT2D eigenvalue weighted by Gasteiger charge is -2.31. The van der Waals surface area contributed by atoms with Gasteiger partial charge in [0.2, 0.25) is 11.8 Å². The van der Waals surface area contributed by atoms with Crippen LogP contribution in [-0.2, 0) is 19.6 Å². The maximum absolute atomic E-state index is 13.0. The van der Waals surface area contributed by atoms with Gasteiger partial charge in [-0.2, -0.15) is 0 Å². The molecule has 2 heterocycles. The van der Waals surface area contributed by atoms with Gasteiger partial charge in [0.05, 0.1) is 11.3 Å². The normalized spacial score (nSPS) is 23.0. The van der Waals surface area contributed by atoms with Crippen molar-refractivity contribution < 1.29 is 18.0 Å². The molecule has 152 valence electrons. The highest BCUT2D eigenvalue weighted by Gasteiger charge is 2.37. The highest BCUT2D eigenvalue weighted by atomic mass is 32.2. The maximum Gasteiger partial charge on any atom is 0.264 e. The van der Waals surface area contributed by atoms with Crippen LogP contribution in [0.1, 0.15) is 31.2 Å². The van der Waals surface area contributed by atoms with Gasteiger partial charge in [-0.3, -0.25) is 13.9 Å². The van der Waals surface area contributed by atoms with Crippen LogP contribution in [0.4, 0.5) is 0 Å². The minimum atomic E-state index is -3.95. The Labute approximate surface area is 165 Å². The Morgan fingerprint density at radius 1 is 1.21 bits per heavy atom. The number of nitrogens with one attached hydrogen (secondary N) is 3. The molecule has 2 aliphatic rings. The second-order valence-corrected chi connectivity index (χ2v) is 8.98. The van der Waals surface area contributed by atoms with Crippen LogP contribution in [0.5, 0.6) is 0 Å². The van der Waals surface area contributed by atoms with Crippen molar-refractivity contribution in [3.63, 3.8) is 0 Å². The van der Waals surface area contributed by atoms with Crippen LogP contribution in [0.25, 0.3) is 0 Å². The maximum atomic E-state index is 13.0. The summed E-state index contributed by atoms with van der Waals surface area (Å²) in [7, 11) is -3.95. The molecule has 3 N–H and O–H groups in total. The molecule has 0 bridgehead atoms. The van der Waals surface area contributed by atoms with Gasteiger partial charge in [0, 0.05) is 18.4 Å². The highest BCUT2D eigenvalue weighted by Crippen LogP contribution is 2.23. The standard InChI is InChI=1S/C19H26N4O4S/c1-14-4-6-16(7-5-14)28(26,27)23-12-11-21-19(25)17(23)13-18(24)22-15-3-2-9-20-10-8-15/h4-7,11-12,15,17,20H,2-3,8-10,13H2,1H3,(H,21,25)(H,22,24)/t15-,17-/m1/s1. The Morgan fingerprint density at radius 3 is 2.71 bits per heavy atom. The van der Waals surface area contributed by atoms with Gasteiger partial charge in [-0.05, 0) is 51.4 Å². The van der Waals surface area contributed by atoms with Gasteiger partial charge in [-0.25, -0.2) is 8.42 Å². The number of rotatable bonds is 5. The van der Waals surface area contributed by atoms with E-state index in [-0.39, 0.29) is 23.3 Å². The Balaban J connectivity index is 1.75.